The number of carbonyl (C=O) groups excluding carboxylic acids is 1. The number of hydrogen-bond donors (Lipinski definition) is 2. The number of carboxylic acids is 1. The summed E-state index contributed by atoms with van der Waals surface area (Å²) in [4.78, 5) is 40.8. The molecule has 0 unspecified atom stereocenters. The van der Waals surface area contributed by atoms with E-state index in [2.05, 4.69) is 10.2 Å². The van der Waals surface area contributed by atoms with Crippen molar-refractivity contribution in [1.29, 1.82) is 0 Å². The number of hydrogen-bond acceptors (Lipinski definition) is 4. The topological polar surface area (TPSA) is 94.9 Å². The van der Waals surface area contributed by atoms with Crippen LogP contribution in [0.4, 0.5) is 23.7 Å². The Morgan fingerprint density at radius 2 is 1.77 bits per heavy atom. The zero-order valence-corrected chi connectivity index (χ0v) is 21.6. The van der Waals surface area contributed by atoms with Crippen molar-refractivity contribution in [2.45, 2.75) is 44.3 Å². The summed E-state index contributed by atoms with van der Waals surface area (Å²) in [7, 11) is 0. The van der Waals surface area contributed by atoms with Crippen LogP contribution in [0.25, 0.3) is 0 Å². The van der Waals surface area contributed by atoms with Crippen molar-refractivity contribution in [2.75, 3.05) is 38.0 Å². The molecule has 5 rings (SSSR count). The molecule has 1 aromatic carbocycles. The Morgan fingerprint density at radius 3 is 2.49 bits per heavy atom. The van der Waals surface area contributed by atoms with Gasteiger partial charge in [-0.3, -0.25) is 9.59 Å². The number of nitrogens with one attached hydrogen (secondary N) is 1. The first kappa shape index (κ1) is 27.2. The van der Waals surface area contributed by atoms with E-state index in [1.54, 1.807) is 11.0 Å². The summed E-state index contributed by atoms with van der Waals surface area (Å²) < 4.78 is 40.4. The summed E-state index contributed by atoms with van der Waals surface area (Å²) in [6.45, 7) is 3.99. The van der Waals surface area contributed by atoms with E-state index in [9.17, 15) is 32.7 Å². The quantitative estimate of drug-likeness (QED) is 0.563. The summed E-state index contributed by atoms with van der Waals surface area (Å²) >= 11 is 0. The predicted octanol–water partition coefficient (Wildman–Crippen LogP) is 4.32. The number of amides is 2. The van der Waals surface area contributed by atoms with Gasteiger partial charge in [-0.2, -0.15) is 13.2 Å². The van der Waals surface area contributed by atoms with Gasteiger partial charge in [0.25, 0.3) is 5.56 Å². The minimum atomic E-state index is -4.45. The summed E-state index contributed by atoms with van der Waals surface area (Å²) in [5, 5.41) is 12.1. The molecule has 2 amide bonds. The maximum atomic E-state index is 12.9. The third-order valence-electron chi connectivity index (χ3n) is 8.45. The molecule has 3 aliphatic rings. The van der Waals surface area contributed by atoms with Crippen LogP contribution in [0.15, 0.2) is 47.3 Å². The molecular weight excluding hydrogens is 513 g/mol. The van der Waals surface area contributed by atoms with Gasteiger partial charge in [-0.05, 0) is 73.9 Å². The summed E-state index contributed by atoms with van der Waals surface area (Å²) in [6, 6.07) is 9.37. The second-order valence-corrected chi connectivity index (χ2v) is 11.1. The van der Waals surface area contributed by atoms with Crippen LogP contribution in [0.5, 0.6) is 0 Å². The molecule has 1 aromatic heterocycles. The fraction of sp³-hybridized carbons (Fsp3) is 0.536. The molecule has 4 heterocycles. The highest BCUT2D eigenvalue weighted by Crippen LogP contribution is 2.36. The Morgan fingerprint density at radius 1 is 1.00 bits per heavy atom. The van der Waals surface area contributed by atoms with Crippen molar-refractivity contribution < 1.29 is 27.9 Å². The van der Waals surface area contributed by atoms with Crippen molar-refractivity contribution in [3.8, 4) is 0 Å². The standard InChI is InChI=1S/C28H33F3N4O4/c29-28(30,31)22-4-6-23(7-5-22)32-27(39)34-11-9-19(13-26(37)38)20(17-34)8-10-33-14-18-12-21(16-33)24-2-1-3-25(36)35(24)15-18/h1-7,18-21H,8-17H2,(H,32,39)(H,37,38)/t18-,19-,20-,21+/m0/s1. The molecule has 2 fully saturated rings. The van der Waals surface area contributed by atoms with E-state index in [0.717, 1.165) is 50.3 Å². The van der Waals surface area contributed by atoms with Gasteiger partial charge in [-0.15, -0.1) is 0 Å². The van der Waals surface area contributed by atoms with Gasteiger partial charge in [-0.25, -0.2) is 4.79 Å². The molecule has 39 heavy (non-hydrogen) atoms. The molecule has 2 aromatic rings. The number of nitrogens with zero attached hydrogens (tertiary/aromatic N) is 3. The first-order valence-corrected chi connectivity index (χ1v) is 13.4. The molecule has 4 atom stereocenters. The fourth-order valence-corrected chi connectivity index (χ4v) is 6.56. The molecule has 0 spiro atoms. The minimum absolute atomic E-state index is 0.00937. The van der Waals surface area contributed by atoms with Crippen LogP contribution >= 0.6 is 0 Å². The molecule has 0 radical (unpaired) electrons. The Hall–Kier alpha value is -3.34. The number of aliphatic carboxylic acids is 1. The molecule has 0 saturated carbocycles. The number of likely N-dealkylation sites (tertiary alicyclic amines) is 2. The van der Waals surface area contributed by atoms with E-state index >= 15 is 0 Å². The SMILES string of the molecule is O=C(O)C[C@@H]1CCN(C(=O)Nc2ccc(C(F)(F)F)cc2)C[C@@H]1CCN1C[C@@H]2C[C@H](C1)c1cccc(=O)n1C2. The lowest BCUT2D eigenvalue weighted by Crippen LogP contribution is -2.49. The Bertz CT molecular complexity index is 1260. The smallest absolute Gasteiger partial charge is 0.416 e. The van der Waals surface area contributed by atoms with Crippen LogP contribution in [0.2, 0.25) is 0 Å². The number of carboxylic acid groups (broad SMARTS) is 1. The molecule has 2 bridgehead atoms. The zero-order valence-electron chi connectivity index (χ0n) is 21.6. The van der Waals surface area contributed by atoms with Crippen LogP contribution in [0, 0.1) is 17.8 Å². The molecule has 2 saturated heterocycles. The number of anilines is 1. The molecule has 11 heteroatoms. The molecular formula is C28H33F3N4O4. The monoisotopic (exact) mass is 546 g/mol. The summed E-state index contributed by atoms with van der Waals surface area (Å²) in [6.07, 6.45) is -2.05. The number of piperidine rings is 2. The second-order valence-electron chi connectivity index (χ2n) is 11.1. The number of urea groups is 1. The van der Waals surface area contributed by atoms with Crippen LogP contribution in [-0.2, 0) is 17.5 Å². The van der Waals surface area contributed by atoms with Crippen LogP contribution < -0.4 is 10.9 Å². The van der Waals surface area contributed by atoms with Gasteiger partial charge in [0.15, 0.2) is 0 Å². The second kappa shape index (κ2) is 11.0. The highest BCUT2D eigenvalue weighted by Gasteiger charge is 2.37. The molecule has 3 aliphatic heterocycles. The Labute approximate surface area is 224 Å². The van der Waals surface area contributed by atoms with E-state index < -0.39 is 23.7 Å². The first-order chi connectivity index (χ1) is 18.6. The summed E-state index contributed by atoms with van der Waals surface area (Å²) in [5.41, 5.74) is 0.615. The van der Waals surface area contributed by atoms with Gasteiger partial charge in [-0.1, -0.05) is 6.07 Å². The average Bonchev–Trinajstić information content (AvgIpc) is 2.88. The number of pyridine rings is 1. The number of alkyl halides is 3. The number of fused-ring (bicyclic) bond motifs is 4. The van der Waals surface area contributed by atoms with Gasteiger partial charge in [0.2, 0.25) is 0 Å². The number of benzene rings is 1. The fourth-order valence-electron chi connectivity index (χ4n) is 6.56. The average molecular weight is 547 g/mol. The van der Waals surface area contributed by atoms with Crippen LogP contribution in [-0.4, -0.2) is 64.2 Å². The van der Waals surface area contributed by atoms with Gasteiger partial charge in [0.1, 0.15) is 0 Å². The summed E-state index contributed by atoms with van der Waals surface area (Å²) in [5.74, 6) is -0.240. The van der Waals surface area contributed by atoms with E-state index in [1.807, 2.05) is 16.7 Å². The van der Waals surface area contributed by atoms with E-state index in [-0.39, 0.29) is 29.5 Å². The van der Waals surface area contributed by atoms with Gasteiger partial charge in [0.05, 0.1) is 5.56 Å². The lowest BCUT2D eigenvalue weighted by molar-refractivity contribution is -0.139. The van der Waals surface area contributed by atoms with Crippen molar-refractivity contribution in [1.82, 2.24) is 14.4 Å². The number of aromatic nitrogens is 1. The highest BCUT2D eigenvalue weighted by atomic mass is 19.4. The van der Waals surface area contributed by atoms with E-state index in [1.165, 1.54) is 12.1 Å². The van der Waals surface area contributed by atoms with Crippen molar-refractivity contribution in [2.24, 2.45) is 17.8 Å². The maximum Gasteiger partial charge on any atom is 0.416 e. The Balaban J connectivity index is 1.21. The lowest BCUT2D eigenvalue weighted by atomic mass is 9.80. The third kappa shape index (κ3) is 6.29. The normalized spacial score (nSPS) is 25.2. The van der Waals surface area contributed by atoms with Crippen LogP contribution in [0.3, 0.4) is 0 Å². The lowest BCUT2D eigenvalue weighted by Gasteiger charge is -2.44. The van der Waals surface area contributed by atoms with Gasteiger partial charge < -0.3 is 24.8 Å². The molecule has 0 aliphatic carbocycles. The minimum Gasteiger partial charge on any atom is -0.481 e. The van der Waals surface area contributed by atoms with Gasteiger partial charge >= 0.3 is 18.2 Å². The van der Waals surface area contributed by atoms with Crippen molar-refractivity contribution in [3.63, 3.8) is 0 Å². The predicted molar refractivity (Wildman–Crippen MR) is 138 cm³/mol. The maximum absolute atomic E-state index is 12.9. The number of halogens is 3. The number of carbonyl (C=O) groups is 2. The molecule has 8 nitrogen and oxygen atoms in total. The van der Waals surface area contributed by atoms with Crippen molar-refractivity contribution >= 4 is 17.7 Å². The van der Waals surface area contributed by atoms with Gasteiger partial charge in [0, 0.05) is 62.5 Å². The van der Waals surface area contributed by atoms with E-state index in [0.29, 0.717) is 37.9 Å². The van der Waals surface area contributed by atoms with Crippen molar-refractivity contribution in [3.05, 3.63) is 64.1 Å². The third-order valence-corrected chi connectivity index (χ3v) is 8.45. The highest BCUT2D eigenvalue weighted by molar-refractivity contribution is 5.89. The molecule has 2 N–H and O–H groups in total. The first-order valence-electron chi connectivity index (χ1n) is 13.4. The zero-order chi connectivity index (χ0) is 27.7. The van der Waals surface area contributed by atoms with E-state index in [4.69, 9.17) is 0 Å². The largest absolute Gasteiger partial charge is 0.481 e. The Kier molecular flexibility index (Phi) is 7.70. The molecule has 210 valence electrons. The van der Waals surface area contributed by atoms with Crippen LogP contribution in [0.1, 0.15) is 42.9 Å². The number of rotatable bonds is 6.